The molecule has 0 amide bonds. The molecule has 0 aromatic heterocycles. The van der Waals surface area contributed by atoms with Crippen molar-refractivity contribution in [3.63, 3.8) is 0 Å². The lowest BCUT2D eigenvalue weighted by atomic mass is 10.2. The average Bonchev–Trinajstić information content (AvgIpc) is 2.39. The van der Waals surface area contributed by atoms with E-state index < -0.39 is 0 Å². The molecule has 1 aromatic carbocycles. The number of guanidine groups is 1. The fourth-order valence-corrected chi connectivity index (χ4v) is 2.21. The van der Waals surface area contributed by atoms with Gasteiger partial charge >= 0.3 is 0 Å². The van der Waals surface area contributed by atoms with Crippen molar-refractivity contribution in [3.8, 4) is 0 Å². The molecule has 0 spiro atoms. The average molecular weight is 247 g/mol. The van der Waals surface area contributed by atoms with E-state index in [-0.39, 0.29) is 5.96 Å². The molecule has 0 radical (unpaired) electrons. The van der Waals surface area contributed by atoms with Gasteiger partial charge in [0.1, 0.15) is 0 Å². The molecule has 1 fully saturated rings. The molecule has 1 aromatic rings. The highest BCUT2D eigenvalue weighted by atomic mass is 15.3. The number of hydrogen-bond acceptors (Lipinski definition) is 3. The highest BCUT2D eigenvalue weighted by Crippen LogP contribution is 2.20. The van der Waals surface area contributed by atoms with Crippen molar-refractivity contribution in [1.29, 1.82) is 0 Å². The van der Waals surface area contributed by atoms with Crippen LogP contribution in [0.15, 0.2) is 29.3 Å². The van der Waals surface area contributed by atoms with E-state index in [1.807, 2.05) is 12.1 Å². The maximum absolute atomic E-state index is 5.35. The van der Waals surface area contributed by atoms with Crippen molar-refractivity contribution in [1.82, 2.24) is 4.90 Å². The second-order valence-corrected chi connectivity index (χ2v) is 4.47. The number of hydrogen-bond donors (Lipinski definition) is 2. The topological polar surface area (TPSA) is 70.9 Å². The summed E-state index contributed by atoms with van der Waals surface area (Å²) in [7, 11) is 0. The number of nitrogens with zero attached hydrogens (tertiary/aromatic N) is 3. The zero-order chi connectivity index (χ0) is 13.0. The normalized spacial score (nSPS) is 16.6. The van der Waals surface area contributed by atoms with Gasteiger partial charge in [-0.05, 0) is 30.8 Å². The van der Waals surface area contributed by atoms with E-state index in [1.54, 1.807) is 0 Å². The van der Waals surface area contributed by atoms with Crippen LogP contribution in [0.3, 0.4) is 0 Å². The minimum Gasteiger partial charge on any atom is -0.370 e. The van der Waals surface area contributed by atoms with Crippen molar-refractivity contribution in [2.24, 2.45) is 16.5 Å². The molecule has 5 nitrogen and oxygen atoms in total. The number of rotatable bonds is 3. The van der Waals surface area contributed by atoms with E-state index in [0.29, 0.717) is 0 Å². The van der Waals surface area contributed by atoms with Crippen molar-refractivity contribution in [2.45, 2.75) is 6.92 Å². The van der Waals surface area contributed by atoms with E-state index in [9.17, 15) is 0 Å². The summed E-state index contributed by atoms with van der Waals surface area (Å²) in [5, 5.41) is 0. The van der Waals surface area contributed by atoms with Gasteiger partial charge in [-0.1, -0.05) is 6.92 Å². The van der Waals surface area contributed by atoms with E-state index in [4.69, 9.17) is 11.5 Å². The number of nitrogens with two attached hydrogens (primary N) is 2. The lowest BCUT2D eigenvalue weighted by molar-refractivity contribution is 0.271. The first-order chi connectivity index (χ1) is 8.69. The van der Waals surface area contributed by atoms with Gasteiger partial charge in [-0.3, -0.25) is 0 Å². The molecule has 0 unspecified atom stereocenters. The number of piperazine rings is 1. The summed E-state index contributed by atoms with van der Waals surface area (Å²) in [6, 6.07) is 8.04. The number of anilines is 1. The summed E-state index contributed by atoms with van der Waals surface area (Å²) in [4.78, 5) is 8.87. The molecule has 98 valence electrons. The smallest absolute Gasteiger partial charge is 0.191 e. The van der Waals surface area contributed by atoms with Crippen LogP contribution in [0.2, 0.25) is 0 Å². The van der Waals surface area contributed by atoms with Crippen LogP contribution in [-0.2, 0) is 0 Å². The van der Waals surface area contributed by atoms with E-state index in [0.717, 1.165) is 38.4 Å². The van der Waals surface area contributed by atoms with Crippen LogP contribution in [0.4, 0.5) is 11.4 Å². The Morgan fingerprint density at radius 1 is 1.11 bits per heavy atom. The van der Waals surface area contributed by atoms with Gasteiger partial charge in [0.25, 0.3) is 0 Å². The van der Waals surface area contributed by atoms with Gasteiger partial charge in [-0.2, -0.15) is 0 Å². The molecule has 1 aliphatic rings. The SMILES string of the molecule is CCN1CCN(c2ccc(N=C(N)N)cc2)CC1. The van der Waals surface area contributed by atoms with Gasteiger partial charge in [0, 0.05) is 31.9 Å². The van der Waals surface area contributed by atoms with Gasteiger partial charge < -0.3 is 21.3 Å². The Labute approximate surface area is 108 Å². The van der Waals surface area contributed by atoms with E-state index in [2.05, 4.69) is 33.8 Å². The van der Waals surface area contributed by atoms with Gasteiger partial charge in [0.2, 0.25) is 0 Å². The molecule has 2 rings (SSSR count). The Balaban J connectivity index is 2.00. The Morgan fingerprint density at radius 3 is 2.22 bits per heavy atom. The molecule has 0 bridgehead atoms. The highest BCUT2D eigenvalue weighted by molar-refractivity contribution is 5.79. The third kappa shape index (κ3) is 3.13. The third-order valence-corrected chi connectivity index (χ3v) is 3.29. The molecule has 18 heavy (non-hydrogen) atoms. The molecule has 0 aliphatic carbocycles. The summed E-state index contributed by atoms with van der Waals surface area (Å²) in [5.74, 6) is 0.0966. The lowest BCUT2D eigenvalue weighted by Gasteiger charge is -2.35. The van der Waals surface area contributed by atoms with Gasteiger partial charge in [-0.15, -0.1) is 0 Å². The minimum atomic E-state index is 0.0966. The van der Waals surface area contributed by atoms with Crippen molar-refractivity contribution in [3.05, 3.63) is 24.3 Å². The summed E-state index contributed by atoms with van der Waals surface area (Å²) in [6.45, 7) is 7.76. The van der Waals surface area contributed by atoms with Crippen LogP contribution in [-0.4, -0.2) is 43.6 Å². The maximum Gasteiger partial charge on any atom is 0.191 e. The van der Waals surface area contributed by atoms with Crippen molar-refractivity contribution >= 4 is 17.3 Å². The standard InChI is InChI=1S/C13H21N5/c1-2-17-7-9-18(10-8-17)12-5-3-11(4-6-12)16-13(14)15/h3-6H,2,7-10H2,1H3,(H4,14,15,16). The summed E-state index contributed by atoms with van der Waals surface area (Å²) < 4.78 is 0. The Bertz CT molecular complexity index is 400. The second-order valence-electron chi connectivity index (χ2n) is 4.47. The molecular formula is C13H21N5. The summed E-state index contributed by atoms with van der Waals surface area (Å²) >= 11 is 0. The molecule has 5 heteroatoms. The first-order valence-corrected chi connectivity index (χ1v) is 6.36. The largest absolute Gasteiger partial charge is 0.370 e. The van der Waals surface area contributed by atoms with Gasteiger partial charge in [0.15, 0.2) is 5.96 Å². The molecule has 0 saturated carbocycles. The Morgan fingerprint density at radius 2 is 1.72 bits per heavy atom. The number of likely N-dealkylation sites (N-methyl/N-ethyl adjacent to an activating group) is 1. The molecular weight excluding hydrogens is 226 g/mol. The zero-order valence-corrected chi connectivity index (χ0v) is 10.8. The van der Waals surface area contributed by atoms with Crippen LogP contribution >= 0.6 is 0 Å². The molecule has 1 aliphatic heterocycles. The molecule has 1 heterocycles. The van der Waals surface area contributed by atoms with Crippen molar-refractivity contribution in [2.75, 3.05) is 37.6 Å². The predicted octanol–water partition coefficient (Wildman–Crippen LogP) is 0.733. The predicted molar refractivity (Wildman–Crippen MR) is 76.2 cm³/mol. The second kappa shape index (κ2) is 5.73. The molecule has 4 N–H and O–H groups in total. The monoisotopic (exact) mass is 247 g/mol. The number of aliphatic imine (C=N–C) groups is 1. The first kappa shape index (κ1) is 12.7. The van der Waals surface area contributed by atoms with E-state index >= 15 is 0 Å². The fraction of sp³-hybridized carbons (Fsp3) is 0.462. The number of benzene rings is 1. The quantitative estimate of drug-likeness (QED) is 0.610. The third-order valence-electron chi connectivity index (χ3n) is 3.29. The fourth-order valence-electron chi connectivity index (χ4n) is 2.21. The van der Waals surface area contributed by atoms with Crippen LogP contribution < -0.4 is 16.4 Å². The minimum absolute atomic E-state index is 0.0966. The van der Waals surface area contributed by atoms with Gasteiger partial charge in [-0.25, -0.2) is 4.99 Å². The van der Waals surface area contributed by atoms with Crippen LogP contribution in [0.1, 0.15) is 6.92 Å². The van der Waals surface area contributed by atoms with Crippen LogP contribution in [0, 0.1) is 0 Å². The lowest BCUT2D eigenvalue weighted by Crippen LogP contribution is -2.46. The summed E-state index contributed by atoms with van der Waals surface area (Å²) in [6.07, 6.45) is 0. The molecule has 1 saturated heterocycles. The first-order valence-electron chi connectivity index (χ1n) is 6.36. The zero-order valence-electron chi connectivity index (χ0n) is 10.8. The maximum atomic E-state index is 5.35. The summed E-state index contributed by atoms with van der Waals surface area (Å²) in [5.41, 5.74) is 12.7. The van der Waals surface area contributed by atoms with Crippen LogP contribution in [0.5, 0.6) is 0 Å². The van der Waals surface area contributed by atoms with Crippen LogP contribution in [0.25, 0.3) is 0 Å². The van der Waals surface area contributed by atoms with Gasteiger partial charge in [0.05, 0.1) is 5.69 Å². The highest BCUT2D eigenvalue weighted by Gasteiger charge is 2.15. The molecule has 0 atom stereocenters. The van der Waals surface area contributed by atoms with Crippen molar-refractivity contribution < 1.29 is 0 Å². The van der Waals surface area contributed by atoms with E-state index in [1.165, 1.54) is 5.69 Å². The Kier molecular flexibility index (Phi) is 4.04. The Hall–Kier alpha value is -1.75.